The molecular formula is C39H41ClN4O6S. The lowest BCUT2D eigenvalue weighted by Crippen LogP contribution is -2.55. The summed E-state index contributed by atoms with van der Waals surface area (Å²) >= 11 is 6.98. The van der Waals surface area contributed by atoms with E-state index in [1.54, 1.807) is 19.1 Å². The topological polar surface area (TPSA) is 130 Å². The first kappa shape index (κ1) is 36.1. The van der Waals surface area contributed by atoms with E-state index in [1.807, 2.05) is 59.5 Å². The van der Waals surface area contributed by atoms with Gasteiger partial charge in [0.15, 0.2) is 0 Å². The van der Waals surface area contributed by atoms with Crippen molar-refractivity contribution in [3.05, 3.63) is 136 Å². The normalized spacial score (nSPS) is 15.3. The Hall–Kier alpha value is -4.68. The predicted molar refractivity (Wildman–Crippen MR) is 199 cm³/mol. The molecule has 0 bridgehead atoms. The molecule has 266 valence electrons. The average Bonchev–Trinajstić information content (AvgIpc) is 3.43. The summed E-state index contributed by atoms with van der Waals surface area (Å²) < 4.78 is 37.8. The number of hydrogen-bond acceptors (Lipinski definition) is 6. The van der Waals surface area contributed by atoms with Gasteiger partial charge in [0.1, 0.15) is 5.75 Å². The molecule has 1 amide bonds. The molecule has 0 saturated carbocycles. The summed E-state index contributed by atoms with van der Waals surface area (Å²) in [5.41, 5.74) is 5.07. The first-order chi connectivity index (χ1) is 24.6. The van der Waals surface area contributed by atoms with Crippen LogP contribution < -0.4 is 14.8 Å². The highest BCUT2D eigenvalue weighted by molar-refractivity contribution is 7.89. The largest absolute Gasteiger partial charge is 0.493 e. The van der Waals surface area contributed by atoms with Crippen LogP contribution in [-0.4, -0.2) is 79.4 Å². The number of benzene rings is 4. The molecule has 1 aliphatic heterocycles. The Kier molecular flexibility index (Phi) is 11.4. The lowest BCUT2D eigenvalue weighted by Gasteiger charge is -2.32. The number of hydrogen-bond donors (Lipinski definition) is 3. The van der Waals surface area contributed by atoms with Crippen molar-refractivity contribution in [2.45, 2.75) is 31.8 Å². The van der Waals surface area contributed by atoms with E-state index < -0.39 is 16.0 Å². The van der Waals surface area contributed by atoms with Gasteiger partial charge in [-0.25, -0.2) is 17.9 Å². The van der Waals surface area contributed by atoms with E-state index in [0.717, 1.165) is 33.3 Å². The van der Waals surface area contributed by atoms with Crippen LogP contribution in [0, 0.1) is 0 Å². The van der Waals surface area contributed by atoms with Crippen molar-refractivity contribution in [2.24, 2.45) is 0 Å². The molecule has 51 heavy (non-hydrogen) atoms. The number of rotatable bonds is 15. The van der Waals surface area contributed by atoms with Crippen molar-refractivity contribution in [1.82, 2.24) is 19.5 Å². The number of nitrogens with one attached hydrogen (secondary N) is 2. The molecule has 10 nitrogen and oxygen atoms in total. The second-order valence-electron chi connectivity index (χ2n) is 12.5. The zero-order valence-electron chi connectivity index (χ0n) is 28.3. The zero-order valence-corrected chi connectivity index (χ0v) is 29.9. The summed E-state index contributed by atoms with van der Waals surface area (Å²) in [6, 6.07) is 31.8. The van der Waals surface area contributed by atoms with Crippen LogP contribution in [0.4, 0.5) is 0 Å². The standard InChI is InChI=1S/C39H41ClN4O6S/c1-27-38(45)41-22-23-43(27)24-26-51(48,49)42-21-19-34-32(20-25-50-31-17-15-30(16-18-31)39(46)47)36-33(40)13-8-14-35(36)44(34)37(28-9-4-2-5-10-28)29-11-6-3-7-12-29/h2-18,27,37,42H,19-26H2,1H3,(H,41,45)(H,46,47). The lowest BCUT2D eigenvalue weighted by molar-refractivity contribution is -0.128. The molecule has 1 aromatic heterocycles. The molecule has 0 spiro atoms. The maximum Gasteiger partial charge on any atom is 0.335 e. The molecule has 2 heterocycles. The highest BCUT2D eigenvalue weighted by atomic mass is 35.5. The quantitative estimate of drug-likeness (QED) is 0.129. The highest BCUT2D eigenvalue weighted by Crippen LogP contribution is 2.39. The van der Waals surface area contributed by atoms with Crippen LogP contribution in [0.25, 0.3) is 10.9 Å². The SMILES string of the molecule is CC1C(=O)NCCN1CCS(=O)(=O)NCCc1c(CCOc2ccc(C(=O)O)cc2)c2c(Cl)cccc2n1C(c1ccccc1)c1ccccc1. The maximum atomic E-state index is 13.3. The number of piperazine rings is 1. The number of amides is 1. The Bertz CT molecular complexity index is 2050. The summed E-state index contributed by atoms with van der Waals surface area (Å²) in [6.45, 7) is 3.54. The van der Waals surface area contributed by atoms with E-state index in [0.29, 0.717) is 36.7 Å². The number of nitrogens with zero attached hydrogens (tertiary/aromatic N) is 2. The van der Waals surface area contributed by atoms with Gasteiger partial charge in [0.25, 0.3) is 0 Å². The number of sulfonamides is 1. The molecule has 4 aromatic carbocycles. The van der Waals surface area contributed by atoms with Gasteiger partial charge < -0.3 is 19.7 Å². The minimum Gasteiger partial charge on any atom is -0.493 e. The number of aromatic carboxylic acids is 1. The molecule has 12 heteroatoms. The predicted octanol–water partition coefficient (Wildman–Crippen LogP) is 5.53. The van der Waals surface area contributed by atoms with Gasteiger partial charge in [-0.15, -0.1) is 0 Å². The van der Waals surface area contributed by atoms with Gasteiger partial charge >= 0.3 is 5.97 Å². The summed E-state index contributed by atoms with van der Waals surface area (Å²) in [7, 11) is -3.67. The third-order valence-electron chi connectivity index (χ3n) is 9.36. The summed E-state index contributed by atoms with van der Waals surface area (Å²) in [6.07, 6.45) is 0.826. The lowest BCUT2D eigenvalue weighted by atomic mass is 9.97. The van der Waals surface area contributed by atoms with Crippen LogP contribution in [0.1, 0.15) is 45.7 Å². The Morgan fingerprint density at radius 3 is 2.27 bits per heavy atom. The van der Waals surface area contributed by atoms with Gasteiger partial charge in [0, 0.05) is 50.1 Å². The molecule has 0 radical (unpaired) electrons. The third-order valence-corrected chi connectivity index (χ3v) is 11.0. The first-order valence-electron chi connectivity index (χ1n) is 17.0. The summed E-state index contributed by atoms with van der Waals surface area (Å²) in [5.74, 6) is -0.698. The van der Waals surface area contributed by atoms with Crippen molar-refractivity contribution < 1.29 is 27.9 Å². The highest BCUT2D eigenvalue weighted by Gasteiger charge is 2.28. The average molecular weight is 729 g/mol. The van der Waals surface area contributed by atoms with Crippen molar-refractivity contribution >= 4 is 44.4 Å². The van der Waals surface area contributed by atoms with Crippen molar-refractivity contribution in [1.29, 1.82) is 0 Å². The fraction of sp³-hybridized carbons (Fsp3) is 0.282. The molecule has 1 unspecified atom stereocenters. The fourth-order valence-corrected chi connectivity index (χ4v) is 8.09. The minimum atomic E-state index is -3.67. The monoisotopic (exact) mass is 728 g/mol. The summed E-state index contributed by atoms with van der Waals surface area (Å²) in [4.78, 5) is 25.3. The molecule has 1 fully saturated rings. The van der Waals surface area contributed by atoms with Crippen LogP contribution in [0.5, 0.6) is 5.75 Å². The van der Waals surface area contributed by atoms with Crippen molar-refractivity contribution in [3.63, 3.8) is 0 Å². The van der Waals surface area contributed by atoms with E-state index in [4.69, 9.17) is 16.3 Å². The molecule has 1 saturated heterocycles. The van der Waals surface area contributed by atoms with Crippen LogP contribution in [-0.2, 0) is 27.7 Å². The number of carboxylic acid groups (broad SMARTS) is 1. The number of carboxylic acids is 1. The number of fused-ring (bicyclic) bond motifs is 1. The van der Waals surface area contributed by atoms with Gasteiger partial charge in [0.05, 0.1) is 40.5 Å². The molecule has 1 aliphatic rings. The van der Waals surface area contributed by atoms with Gasteiger partial charge in [-0.1, -0.05) is 78.3 Å². The molecule has 3 N–H and O–H groups in total. The first-order valence-corrected chi connectivity index (χ1v) is 19.0. The Morgan fingerprint density at radius 1 is 0.961 bits per heavy atom. The van der Waals surface area contributed by atoms with Crippen molar-refractivity contribution in [2.75, 3.05) is 38.5 Å². The van der Waals surface area contributed by atoms with Gasteiger partial charge in [0.2, 0.25) is 15.9 Å². The second kappa shape index (κ2) is 16.1. The van der Waals surface area contributed by atoms with E-state index in [-0.39, 0.29) is 49.0 Å². The van der Waals surface area contributed by atoms with Crippen LogP contribution in [0.15, 0.2) is 103 Å². The molecule has 0 aliphatic carbocycles. The molecule has 5 aromatic rings. The second-order valence-corrected chi connectivity index (χ2v) is 14.9. The van der Waals surface area contributed by atoms with Gasteiger partial charge in [-0.2, -0.15) is 0 Å². The van der Waals surface area contributed by atoms with Gasteiger partial charge in [-0.05, 0) is 60.0 Å². The van der Waals surface area contributed by atoms with E-state index in [1.165, 1.54) is 12.1 Å². The van der Waals surface area contributed by atoms with E-state index in [9.17, 15) is 23.1 Å². The Morgan fingerprint density at radius 2 is 1.63 bits per heavy atom. The zero-order chi connectivity index (χ0) is 36.0. The Labute approximate surface area is 303 Å². The van der Waals surface area contributed by atoms with Gasteiger partial charge in [-0.3, -0.25) is 9.69 Å². The fourth-order valence-electron chi connectivity index (χ4n) is 6.78. The number of carbonyl (C=O) groups is 2. The summed E-state index contributed by atoms with van der Waals surface area (Å²) in [5, 5.41) is 13.5. The van der Waals surface area contributed by atoms with Crippen molar-refractivity contribution in [3.8, 4) is 5.75 Å². The number of ether oxygens (including phenoxy) is 1. The number of carbonyl (C=O) groups excluding carboxylic acids is 1. The van der Waals surface area contributed by atoms with Crippen LogP contribution >= 0.6 is 11.6 Å². The molecule has 6 rings (SSSR count). The third kappa shape index (κ3) is 8.45. The molecular weight excluding hydrogens is 688 g/mol. The van der Waals surface area contributed by atoms with Crippen LogP contribution in [0.2, 0.25) is 5.02 Å². The van der Waals surface area contributed by atoms with E-state index in [2.05, 4.69) is 38.9 Å². The maximum absolute atomic E-state index is 13.3. The molecule has 1 atom stereocenters. The van der Waals surface area contributed by atoms with E-state index >= 15 is 0 Å². The van der Waals surface area contributed by atoms with Crippen LogP contribution in [0.3, 0.4) is 0 Å². The number of halogens is 1. The Balaban J connectivity index is 1.35. The smallest absolute Gasteiger partial charge is 0.335 e. The minimum absolute atomic E-state index is 0.0988. The number of aromatic nitrogens is 1.